The molecule has 6 heteroatoms. The van der Waals surface area contributed by atoms with Gasteiger partial charge >= 0.3 is 5.97 Å². The Morgan fingerprint density at radius 1 is 1.20 bits per heavy atom. The van der Waals surface area contributed by atoms with E-state index in [-0.39, 0.29) is 11.6 Å². The number of para-hydroxylation sites is 1. The summed E-state index contributed by atoms with van der Waals surface area (Å²) in [6.07, 6.45) is 2.62. The van der Waals surface area contributed by atoms with Gasteiger partial charge in [-0.25, -0.2) is 4.79 Å². The van der Waals surface area contributed by atoms with Gasteiger partial charge in [-0.3, -0.25) is 9.78 Å². The number of nitrogens with zero attached hydrogens (tertiary/aromatic N) is 1. The Bertz CT molecular complexity index is 744. The number of carbonyl (C=O) groups excluding carboxylic acids is 2. The molecule has 0 atom stereocenters. The molecule has 0 aliphatic carbocycles. The van der Waals surface area contributed by atoms with Gasteiger partial charge in [-0.05, 0) is 36.6 Å². The topological polar surface area (TPSA) is 80.3 Å². The van der Waals surface area contributed by atoms with E-state index in [9.17, 15) is 9.59 Å². The summed E-state index contributed by atoms with van der Waals surface area (Å²) in [4.78, 5) is 28.3. The van der Waals surface area contributed by atoms with E-state index in [1.807, 2.05) is 6.07 Å². The zero-order valence-corrected chi connectivity index (χ0v) is 14.7. The fourth-order valence-corrected chi connectivity index (χ4v) is 2.24. The minimum Gasteiger partial charge on any atom is -0.465 e. The molecular weight excluding hydrogens is 318 g/mol. The fourth-order valence-electron chi connectivity index (χ4n) is 2.24. The molecule has 0 spiro atoms. The quantitative estimate of drug-likeness (QED) is 0.753. The molecule has 0 aliphatic rings. The van der Waals surface area contributed by atoms with E-state index in [1.54, 1.807) is 36.5 Å². The van der Waals surface area contributed by atoms with E-state index in [0.29, 0.717) is 17.2 Å². The number of rotatable bonds is 7. The Hall–Kier alpha value is -2.89. The number of pyridine rings is 1. The highest BCUT2D eigenvalue weighted by Gasteiger charge is 2.15. The highest BCUT2D eigenvalue weighted by Crippen LogP contribution is 2.17. The van der Waals surface area contributed by atoms with E-state index in [2.05, 4.69) is 29.5 Å². The van der Waals surface area contributed by atoms with Crippen molar-refractivity contribution in [1.29, 1.82) is 0 Å². The van der Waals surface area contributed by atoms with E-state index in [4.69, 9.17) is 4.74 Å². The summed E-state index contributed by atoms with van der Waals surface area (Å²) in [6, 6.07) is 10.2. The zero-order valence-electron chi connectivity index (χ0n) is 14.7. The fraction of sp³-hybridized carbons (Fsp3) is 0.316. The predicted octanol–water partition coefficient (Wildman–Crippen LogP) is 3.58. The number of hydrogen-bond donors (Lipinski definition) is 2. The van der Waals surface area contributed by atoms with E-state index in [0.717, 1.165) is 18.7 Å². The van der Waals surface area contributed by atoms with Crippen molar-refractivity contribution < 1.29 is 14.3 Å². The maximum Gasteiger partial charge on any atom is 0.339 e. The number of amides is 1. The molecule has 132 valence electrons. The third-order valence-corrected chi connectivity index (χ3v) is 3.62. The van der Waals surface area contributed by atoms with Crippen LogP contribution in [-0.4, -0.2) is 30.5 Å². The molecule has 0 bridgehead atoms. The Balaban J connectivity index is 2.10. The van der Waals surface area contributed by atoms with Gasteiger partial charge in [0.1, 0.15) is 5.69 Å². The summed E-state index contributed by atoms with van der Waals surface area (Å²) < 4.78 is 4.73. The number of benzene rings is 1. The molecule has 0 fully saturated rings. The van der Waals surface area contributed by atoms with Crippen LogP contribution in [0.3, 0.4) is 0 Å². The first-order chi connectivity index (χ1) is 12.0. The lowest BCUT2D eigenvalue weighted by Gasteiger charge is -2.11. The van der Waals surface area contributed by atoms with Crippen molar-refractivity contribution in [2.45, 2.75) is 20.3 Å². The number of hydrogen-bond acceptors (Lipinski definition) is 5. The normalized spacial score (nSPS) is 10.4. The monoisotopic (exact) mass is 341 g/mol. The van der Waals surface area contributed by atoms with Gasteiger partial charge in [0, 0.05) is 18.4 Å². The molecule has 1 heterocycles. The minimum atomic E-state index is -0.507. The molecule has 1 aromatic carbocycles. The summed E-state index contributed by atoms with van der Waals surface area (Å²) in [5.41, 5.74) is 1.79. The van der Waals surface area contributed by atoms with Gasteiger partial charge in [0.15, 0.2) is 0 Å². The lowest BCUT2D eigenvalue weighted by molar-refractivity contribution is 0.0602. The first-order valence-corrected chi connectivity index (χ1v) is 8.20. The summed E-state index contributed by atoms with van der Waals surface area (Å²) in [5, 5.41) is 5.99. The summed E-state index contributed by atoms with van der Waals surface area (Å²) in [6.45, 7) is 5.14. The SMILES string of the molecule is COC(=O)c1ccccc1NC(=O)c1cc(NCCC(C)C)ccn1. The number of anilines is 2. The lowest BCUT2D eigenvalue weighted by Crippen LogP contribution is -2.17. The number of methoxy groups -OCH3 is 1. The van der Waals surface area contributed by atoms with Crippen LogP contribution in [0.5, 0.6) is 0 Å². The maximum absolute atomic E-state index is 12.5. The van der Waals surface area contributed by atoms with Crippen molar-refractivity contribution in [1.82, 2.24) is 4.98 Å². The summed E-state index contributed by atoms with van der Waals surface area (Å²) in [5.74, 6) is -0.288. The van der Waals surface area contributed by atoms with Gasteiger partial charge in [-0.1, -0.05) is 26.0 Å². The second-order valence-corrected chi connectivity index (χ2v) is 6.03. The minimum absolute atomic E-state index is 0.272. The molecule has 1 amide bonds. The van der Waals surface area contributed by atoms with Crippen LogP contribution < -0.4 is 10.6 Å². The Labute approximate surface area is 147 Å². The van der Waals surface area contributed by atoms with Gasteiger partial charge in [0.05, 0.1) is 18.4 Å². The van der Waals surface area contributed by atoms with E-state index < -0.39 is 5.97 Å². The average Bonchev–Trinajstić information content (AvgIpc) is 2.61. The van der Waals surface area contributed by atoms with Crippen molar-refractivity contribution in [2.75, 3.05) is 24.3 Å². The molecule has 0 radical (unpaired) electrons. The van der Waals surface area contributed by atoms with Crippen LogP contribution >= 0.6 is 0 Å². The van der Waals surface area contributed by atoms with Gasteiger partial charge in [0.2, 0.25) is 0 Å². The second kappa shape index (κ2) is 8.82. The van der Waals surface area contributed by atoms with Crippen LogP contribution in [0.15, 0.2) is 42.6 Å². The van der Waals surface area contributed by atoms with Crippen LogP contribution in [0.1, 0.15) is 41.1 Å². The van der Waals surface area contributed by atoms with Crippen molar-refractivity contribution in [3.05, 3.63) is 53.9 Å². The van der Waals surface area contributed by atoms with Crippen LogP contribution in [0.4, 0.5) is 11.4 Å². The van der Waals surface area contributed by atoms with E-state index in [1.165, 1.54) is 7.11 Å². The van der Waals surface area contributed by atoms with Gasteiger partial charge in [0.25, 0.3) is 5.91 Å². The molecule has 1 aromatic heterocycles. The number of ether oxygens (including phenoxy) is 1. The highest BCUT2D eigenvalue weighted by atomic mass is 16.5. The molecule has 2 aromatic rings. The molecule has 2 rings (SSSR count). The maximum atomic E-state index is 12.5. The molecule has 0 aliphatic heterocycles. The van der Waals surface area contributed by atoms with Crippen LogP contribution in [0, 0.1) is 5.92 Å². The lowest BCUT2D eigenvalue weighted by atomic mass is 10.1. The summed E-state index contributed by atoms with van der Waals surface area (Å²) >= 11 is 0. The smallest absolute Gasteiger partial charge is 0.339 e. The van der Waals surface area contributed by atoms with Crippen molar-refractivity contribution in [3.8, 4) is 0 Å². The largest absolute Gasteiger partial charge is 0.465 e. The summed E-state index contributed by atoms with van der Waals surface area (Å²) in [7, 11) is 1.30. The van der Waals surface area contributed by atoms with Crippen LogP contribution in [0.2, 0.25) is 0 Å². The standard InChI is InChI=1S/C19H23N3O3/c1-13(2)8-10-20-14-9-11-21-17(12-14)18(23)22-16-7-5-4-6-15(16)19(24)25-3/h4-7,9,11-13H,8,10H2,1-3H3,(H,20,21)(H,22,23). The van der Waals surface area contributed by atoms with Crippen molar-refractivity contribution >= 4 is 23.3 Å². The molecule has 25 heavy (non-hydrogen) atoms. The highest BCUT2D eigenvalue weighted by molar-refractivity contribution is 6.07. The number of carbonyl (C=O) groups is 2. The molecule has 6 nitrogen and oxygen atoms in total. The van der Waals surface area contributed by atoms with Crippen molar-refractivity contribution in [3.63, 3.8) is 0 Å². The Morgan fingerprint density at radius 3 is 2.68 bits per heavy atom. The molecular formula is C19H23N3O3. The molecule has 2 N–H and O–H groups in total. The van der Waals surface area contributed by atoms with Gasteiger partial charge in [-0.2, -0.15) is 0 Å². The number of nitrogens with one attached hydrogen (secondary N) is 2. The average molecular weight is 341 g/mol. The third kappa shape index (κ3) is 5.31. The van der Waals surface area contributed by atoms with Crippen LogP contribution in [0.25, 0.3) is 0 Å². The Morgan fingerprint density at radius 2 is 1.96 bits per heavy atom. The third-order valence-electron chi connectivity index (χ3n) is 3.62. The predicted molar refractivity (Wildman–Crippen MR) is 97.9 cm³/mol. The number of aromatic nitrogens is 1. The van der Waals surface area contributed by atoms with Gasteiger partial charge in [-0.15, -0.1) is 0 Å². The molecule has 0 saturated carbocycles. The number of esters is 1. The van der Waals surface area contributed by atoms with Crippen molar-refractivity contribution in [2.24, 2.45) is 5.92 Å². The molecule has 0 saturated heterocycles. The van der Waals surface area contributed by atoms with E-state index >= 15 is 0 Å². The first-order valence-electron chi connectivity index (χ1n) is 8.20. The second-order valence-electron chi connectivity index (χ2n) is 6.03. The zero-order chi connectivity index (χ0) is 18.2. The molecule has 0 unspecified atom stereocenters. The first kappa shape index (κ1) is 18.4. The van der Waals surface area contributed by atoms with Crippen LogP contribution in [-0.2, 0) is 4.74 Å². The van der Waals surface area contributed by atoms with Gasteiger partial charge < -0.3 is 15.4 Å². The Kier molecular flexibility index (Phi) is 6.51.